The van der Waals surface area contributed by atoms with Gasteiger partial charge in [-0.1, -0.05) is 30.3 Å². The van der Waals surface area contributed by atoms with Gasteiger partial charge in [-0.2, -0.15) is 5.06 Å². The number of carbonyl (C=O) groups is 2. The minimum absolute atomic E-state index is 0.0434. The quantitative estimate of drug-likeness (QED) is 0.787. The van der Waals surface area contributed by atoms with E-state index in [1.807, 2.05) is 35.2 Å². The van der Waals surface area contributed by atoms with Crippen LogP contribution in [0.5, 0.6) is 0 Å². The lowest BCUT2D eigenvalue weighted by Crippen LogP contribution is -2.45. The van der Waals surface area contributed by atoms with E-state index in [2.05, 4.69) is 10.3 Å². The van der Waals surface area contributed by atoms with Crippen molar-refractivity contribution in [1.82, 2.24) is 15.3 Å². The Morgan fingerprint density at radius 2 is 2.14 bits per heavy atom. The molecule has 1 aromatic carbocycles. The number of hydrogen-bond acceptors (Lipinski definition) is 5. The predicted octanol–water partition coefficient (Wildman–Crippen LogP) is 1.66. The first-order valence-corrected chi connectivity index (χ1v) is 10.3. The number of carboxylic acid groups (broad SMARTS) is 1. The summed E-state index contributed by atoms with van der Waals surface area (Å²) in [6.45, 7) is 2.47. The van der Waals surface area contributed by atoms with E-state index in [4.69, 9.17) is 4.84 Å². The number of nitrogens with one attached hydrogen (secondary N) is 1. The average Bonchev–Trinajstić information content (AvgIpc) is 3.41. The van der Waals surface area contributed by atoms with E-state index >= 15 is 0 Å². The molecule has 4 aliphatic rings. The van der Waals surface area contributed by atoms with E-state index in [-0.39, 0.29) is 23.5 Å². The molecule has 2 bridgehead atoms. The standard InChI is InChI=1S/C21H26N4O4/c26-19(27)18-21(8-9-22-13-21)10-16(23-18)17-7-6-15-11-24(17)20(28)25(15)29-12-14-4-2-1-3-5-14/h1-5,15,17-18,22H,6-13H2,(H,26,27)/t15-,17+,18?,21+/m1/s1. The molecule has 8 nitrogen and oxygen atoms in total. The molecule has 0 aromatic heterocycles. The zero-order chi connectivity index (χ0) is 20.0. The lowest BCUT2D eigenvalue weighted by molar-refractivity contribution is -0.141. The zero-order valence-electron chi connectivity index (χ0n) is 16.3. The Bertz CT molecular complexity index is 836. The second-order valence-electron chi connectivity index (χ2n) is 8.59. The van der Waals surface area contributed by atoms with Gasteiger partial charge in [0.2, 0.25) is 0 Å². The number of amides is 2. The Labute approximate surface area is 169 Å². The van der Waals surface area contributed by atoms with Crippen LogP contribution in [0.15, 0.2) is 35.3 Å². The second-order valence-corrected chi connectivity index (χ2v) is 8.59. The number of aliphatic imine (C=N–C) groups is 1. The number of fused-ring (bicyclic) bond motifs is 2. The van der Waals surface area contributed by atoms with Gasteiger partial charge >= 0.3 is 12.0 Å². The first kappa shape index (κ1) is 18.6. The molecule has 3 saturated heterocycles. The Balaban J connectivity index is 1.31. The molecule has 1 spiro atoms. The molecular weight excluding hydrogens is 372 g/mol. The molecular formula is C21H26N4O4. The van der Waals surface area contributed by atoms with Crippen molar-refractivity contribution < 1.29 is 19.5 Å². The van der Waals surface area contributed by atoms with Crippen molar-refractivity contribution in [2.75, 3.05) is 19.6 Å². The summed E-state index contributed by atoms with van der Waals surface area (Å²) in [5, 5.41) is 14.5. The fraction of sp³-hybridized carbons (Fsp3) is 0.571. The molecule has 8 heteroatoms. The third kappa shape index (κ3) is 3.11. The molecule has 5 rings (SSSR count). The van der Waals surface area contributed by atoms with Gasteiger partial charge in [0.15, 0.2) is 6.04 Å². The topological polar surface area (TPSA) is 94.5 Å². The number of benzene rings is 1. The molecule has 4 heterocycles. The van der Waals surface area contributed by atoms with Crippen LogP contribution in [0.3, 0.4) is 0 Å². The summed E-state index contributed by atoms with van der Waals surface area (Å²) in [4.78, 5) is 37.2. The van der Waals surface area contributed by atoms with Crippen molar-refractivity contribution in [1.29, 1.82) is 0 Å². The molecule has 29 heavy (non-hydrogen) atoms. The third-order valence-electron chi connectivity index (χ3n) is 6.84. The van der Waals surface area contributed by atoms with Gasteiger partial charge in [0, 0.05) is 24.2 Å². The molecule has 154 valence electrons. The summed E-state index contributed by atoms with van der Waals surface area (Å²) >= 11 is 0. The summed E-state index contributed by atoms with van der Waals surface area (Å²) in [7, 11) is 0. The van der Waals surface area contributed by atoms with Gasteiger partial charge in [0.1, 0.15) is 6.61 Å². The van der Waals surface area contributed by atoms with Gasteiger partial charge in [0.25, 0.3) is 0 Å². The molecule has 4 aliphatic heterocycles. The van der Waals surface area contributed by atoms with E-state index in [1.165, 1.54) is 5.06 Å². The molecule has 1 unspecified atom stereocenters. The molecule has 2 amide bonds. The van der Waals surface area contributed by atoms with Crippen LogP contribution in [0.4, 0.5) is 4.79 Å². The van der Waals surface area contributed by atoms with Gasteiger partial charge in [-0.25, -0.2) is 9.59 Å². The minimum Gasteiger partial charge on any atom is -0.480 e. The van der Waals surface area contributed by atoms with Crippen molar-refractivity contribution in [2.45, 2.75) is 50.4 Å². The van der Waals surface area contributed by atoms with Gasteiger partial charge in [0.05, 0.1) is 12.1 Å². The first-order chi connectivity index (χ1) is 14.1. The highest BCUT2D eigenvalue weighted by molar-refractivity contribution is 5.98. The van der Waals surface area contributed by atoms with Gasteiger partial charge in [-0.3, -0.25) is 9.83 Å². The molecule has 0 radical (unpaired) electrons. The number of hydroxylamine groups is 2. The lowest BCUT2D eigenvalue weighted by Gasteiger charge is -2.32. The van der Waals surface area contributed by atoms with Crippen LogP contribution < -0.4 is 5.32 Å². The highest BCUT2D eigenvalue weighted by Crippen LogP contribution is 2.43. The van der Waals surface area contributed by atoms with E-state index in [1.54, 1.807) is 0 Å². The summed E-state index contributed by atoms with van der Waals surface area (Å²) in [6.07, 6.45) is 3.10. The van der Waals surface area contributed by atoms with Crippen molar-refractivity contribution in [3.63, 3.8) is 0 Å². The van der Waals surface area contributed by atoms with Gasteiger partial charge in [-0.15, -0.1) is 0 Å². The Hall–Kier alpha value is -2.45. The van der Waals surface area contributed by atoms with Crippen LogP contribution in [-0.2, 0) is 16.2 Å². The fourth-order valence-corrected chi connectivity index (χ4v) is 5.34. The van der Waals surface area contributed by atoms with Crippen LogP contribution in [0.2, 0.25) is 0 Å². The Kier molecular flexibility index (Phi) is 4.55. The Morgan fingerprint density at radius 3 is 2.86 bits per heavy atom. The molecule has 0 aliphatic carbocycles. The number of rotatable bonds is 5. The number of carboxylic acids is 1. The normalized spacial score (nSPS) is 33.6. The largest absolute Gasteiger partial charge is 0.480 e. The first-order valence-electron chi connectivity index (χ1n) is 10.3. The highest BCUT2D eigenvalue weighted by atomic mass is 16.7. The molecule has 1 aromatic rings. The van der Waals surface area contributed by atoms with E-state index in [9.17, 15) is 14.7 Å². The summed E-state index contributed by atoms with van der Waals surface area (Å²) in [5.74, 6) is -0.863. The van der Waals surface area contributed by atoms with Crippen LogP contribution in [-0.4, -0.2) is 70.5 Å². The van der Waals surface area contributed by atoms with Crippen molar-refractivity contribution >= 4 is 17.7 Å². The maximum absolute atomic E-state index is 13.0. The van der Waals surface area contributed by atoms with Crippen molar-refractivity contribution in [2.24, 2.45) is 10.4 Å². The smallest absolute Gasteiger partial charge is 0.344 e. The number of urea groups is 1. The monoisotopic (exact) mass is 398 g/mol. The second kappa shape index (κ2) is 7.11. The molecule has 3 fully saturated rings. The Morgan fingerprint density at radius 1 is 1.31 bits per heavy atom. The molecule has 2 N–H and O–H groups in total. The third-order valence-corrected chi connectivity index (χ3v) is 6.84. The number of carbonyl (C=O) groups excluding carboxylic acids is 1. The molecule has 0 saturated carbocycles. The summed E-state index contributed by atoms with van der Waals surface area (Å²) < 4.78 is 0. The van der Waals surface area contributed by atoms with Gasteiger partial charge in [-0.05, 0) is 37.8 Å². The van der Waals surface area contributed by atoms with Gasteiger partial charge < -0.3 is 15.3 Å². The summed E-state index contributed by atoms with van der Waals surface area (Å²) in [6, 6.07) is 8.89. The minimum atomic E-state index is -0.863. The van der Waals surface area contributed by atoms with E-state index < -0.39 is 12.0 Å². The number of aliphatic carboxylic acids is 1. The molecule has 4 atom stereocenters. The number of nitrogens with zero attached hydrogens (tertiary/aromatic N) is 3. The van der Waals surface area contributed by atoms with E-state index in [0.29, 0.717) is 26.1 Å². The van der Waals surface area contributed by atoms with Crippen LogP contribution >= 0.6 is 0 Å². The van der Waals surface area contributed by atoms with Crippen molar-refractivity contribution in [3.05, 3.63) is 35.9 Å². The van der Waals surface area contributed by atoms with Crippen LogP contribution in [0, 0.1) is 5.41 Å². The van der Waals surface area contributed by atoms with Crippen LogP contribution in [0.25, 0.3) is 0 Å². The lowest BCUT2D eigenvalue weighted by atomic mass is 9.77. The van der Waals surface area contributed by atoms with Crippen LogP contribution in [0.1, 0.15) is 31.2 Å². The SMILES string of the molecule is O=C(O)C1N=C([C@@H]2CC[C@@H]3CN2C(=O)N3OCc2ccccc2)C[C@]12CCNC2. The zero-order valence-corrected chi connectivity index (χ0v) is 16.3. The highest BCUT2D eigenvalue weighted by Gasteiger charge is 2.54. The maximum Gasteiger partial charge on any atom is 0.344 e. The van der Waals surface area contributed by atoms with E-state index in [0.717, 1.165) is 37.1 Å². The maximum atomic E-state index is 13.0. The number of hydrogen-bond donors (Lipinski definition) is 2. The number of piperidine rings is 1. The van der Waals surface area contributed by atoms with Crippen molar-refractivity contribution in [3.8, 4) is 0 Å². The summed E-state index contributed by atoms with van der Waals surface area (Å²) in [5.41, 5.74) is 1.55. The predicted molar refractivity (Wildman–Crippen MR) is 105 cm³/mol. The average molecular weight is 398 g/mol. The fourth-order valence-electron chi connectivity index (χ4n) is 5.34.